The molecule has 13 aromatic heterocycles. The van der Waals surface area contributed by atoms with Crippen LogP contribution in [0.15, 0.2) is 185 Å². The van der Waals surface area contributed by atoms with Crippen LogP contribution in [0.2, 0.25) is 0 Å². The van der Waals surface area contributed by atoms with Gasteiger partial charge in [0.25, 0.3) is 22.2 Å². The van der Waals surface area contributed by atoms with Crippen LogP contribution in [0, 0.1) is 13.8 Å². The SMILES string of the molecule is CCN1CCN(c2cn3c(=O)cc(-c4ccc5nn(C)cc5c4)nc3cn2)CC1.CN1CCN(c2cn3c(=O)cc(-c4ccc5nn(C)cc5c4)nc3cn2)CC1.Cc1cn2cc(-c3cc(=O)n4cc(C5CCNCC5)ncc4n3)cc(C)c2n1.Cn1cc2cc(-c3cc(=O)n4cc(N5CCN(CCO)CC5)ncc4n3)ccc2n1. The third kappa shape index (κ3) is 16.0. The van der Waals surface area contributed by atoms with Crippen LogP contribution in [0.5, 0.6) is 0 Å². The van der Waals surface area contributed by atoms with E-state index < -0.39 is 0 Å². The second kappa shape index (κ2) is 31.9. The number of hydrogen-bond acceptors (Lipinski definition) is 24. The molecule has 17 heterocycles. The number of likely N-dealkylation sites (N-methyl/N-ethyl adjacent to an activating group) is 2. The molecule has 20 rings (SSSR count). The largest absolute Gasteiger partial charge is 0.395 e. The van der Waals surface area contributed by atoms with Crippen LogP contribution in [0.4, 0.5) is 17.5 Å². The maximum atomic E-state index is 12.8. The number of hydrogen-bond donors (Lipinski definition) is 2. The van der Waals surface area contributed by atoms with Crippen molar-refractivity contribution in [3.05, 3.63) is 224 Å². The molecule has 0 bridgehead atoms. The number of aryl methyl sites for hydroxylation is 5. The smallest absolute Gasteiger partial charge is 0.258 e. The van der Waals surface area contributed by atoms with E-state index in [9.17, 15) is 19.2 Å². The lowest BCUT2D eigenvalue weighted by molar-refractivity contribution is 0.188. The topological polar surface area (TPSA) is 311 Å². The molecule has 32 nitrogen and oxygen atoms in total. The number of rotatable bonds is 11. The minimum absolute atomic E-state index is 0.0860. The van der Waals surface area contributed by atoms with Gasteiger partial charge in [-0.2, -0.15) is 15.3 Å². The first-order chi connectivity index (χ1) is 55.8. The Balaban J connectivity index is 0.000000111. The van der Waals surface area contributed by atoms with Crippen LogP contribution in [0.25, 0.3) is 106 Å². The number of benzene rings is 3. The minimum Gasteiger partial charge on any atom is -0.395 e. The molecule has 0 aliphatic carbocycles. The van der Waals surface area contributed by atoms with Crippen molar-refractivity contribution in [2.75, 3.05) is 133 Å². The molecule has 3 aromatic carbocycles. The molecular formula is C83H89N27O5. The first kappa shape index (κ1) is 74.8. The van der Waals surface area contributed by atoms with E-state index in [0.29, 0.717) is 57.8 Å². The fourth-order valence-corrected chi connectivity index (χ4v) is 15.6. The predicted octanol–water partition coefficient (Wildman–Crippen LogP) is 6.43. The molecule has 0 radical (unpaired) electrons. The molecule has 4 aliphatic rings. The first-order valence-electron chi connectivity index (χ1n) is 38.9. The van der Waals surface area contributed by atoms with Crippen LogP contribution >= 0.6 is 0 Å². The molecule has 4 fully saturated rings. The zero-order valence-corrected chi connectivity index (χ0v) is 65.3. The first-order valence-corrected chi connectivity index (χ1v) is 38.9. The van der Waals surface area contributed by atoms with Crippen LogP contribution in [0.3, 0.4) is 0 Å². The lowest BCUT2D eigenvalue weighted by Crippen LogP contribution is -2.47. The Bertz CT molecular complexity index is 6580. The fourth-order valence-electron chi connectivity index (χ4n) is 15.6. The van der Waals surface area contributed by atoms with Crippen LogP contribution in [-0.2, 0) is 21.1 Å². The summed E-state index contributed by atoms with van der Waals surface area (Å²) in [5.41, 5.74) is 14.5. The summed E-state index contributed by atoms with van der Waals surface area (Å²) in [4.78, 5) is 106. The van der Waals surface area contributed by atoms with Gasteiger partial charge in [-0.15, -0.1) is 0 Å². The Morgan fingerprint density at radius 1 is 0.417 bits per heavy atom. The number of aliphatic hydroxyl groups excluding tert-OH is 1. The van der Waals surface area contributed by atoms with Crippen molar-refractivity contribution in [1.29, 1.82) is 0 Å². The van der Waals surface area contributed by atoms with Gasteiger partial charge >= 0.3 is 0 Å². The van der Waals surface area contributed by atoms with E-state index in [-0.39, 0.29) is 28.8 Å². The molecule has 32 heteroatoms. The standard InChI is InChI=1S/C21H23N7O2.C21H23N7O.C21H22N6O.C20H21N7O/c1-25-13-16-10-15(2-3-17(16)24-25)18-11-21(30)28-14-20(22-12-19(28)23-18)27-6-4-26(5-7-27)8-9-29;1-3-26-6-8-27(9-7-26)20-14-28-19(12-22-20)23-18(11-21(28)29)15-4-5-17-16(10-15)13-25(2)24-17;1-13-7-16(11-26-10-14(2)24-21(13)26)17-8-20(28)27-12-18(23-9-19(27)25-17)15-3-5-22-6-4-15;1-24-5-7-26(8-6-24)19-13-27-18(11-21-19)22-17(10-20(27)28)14-3-4-16-15(9-14)12-25(2)23-16/h2-3,10-14,29H,4-9H2,1H3;4-5,10-14H,3,6-9H2,1-2H3;7-12,15,22H,3-6H2,1-2H3;3-4,9-13H,5-8H2,1-2H3. The number of β-amino-alcohol motifs (C(OH)–C–C–N with tert-alkyl or cyclic N) is 1. The maximum absolute atomic E-state index is 12.8. The second-order valence-electron chi connectivity index (χ2n) is 29.9. The Labute approximate surface area is 659 Å². The lowest BCUT2D eigenvalue weighted by Gasteiger charge is -2.34. The highest BCUT2D eigenvalue weighted by Gasteiger charge is 2.24. The minimum atomic E-state index is -0.135. The Hall–Kier alpha value is -12.9. The van der Waals surface area contributed by atoms with E-state index in [0.717, 1.165) is 206 Å². The van der Waals surface area contributed by atoms with Gasteiger partial charge in [0, 0.05) is 212 Å². The number of nitrogens with zero attached hydrogens (tertiary/aromatic N) is 26. The van der Waals surface area contributed by atoms with E-state index in [1.54, 1.807) is 99.3 Å². The average molecular weight is 1540 g/mol. The number of imidazole rings is 1. The molecule has 16 aromatic rings. The van der Waals surface area contributed by atoms with Crippen molar-refractivity contribution in [3.8, 4) is 45.0 Å². The Morgan fingerprint density at radius 3 is 1.23 bits per heavy atom. The van der Waals surface area contributed by atoms with Gasteiger partial charge in [0.05, 0.1) is 101 Å². The van der Waals surface area contributed by atoms with Gasteiger partial charge in [0.1, 0.15) is 23.1 Å². The van der Waals surface area contributed by atoms with E-state index in [2.05, 4.69) is 104 Å². The summed E-state index contributed by atoms with van der Waals surface area (Å²) < 4.78 is 13.6. The third-order valence-electron chi connectivity index (χ3n) is 21.9. The highest BCUT2D eigenvalue weighted by Crippen LogP contribution is 2.29. The molecule has 115 heavy (non-hydrogen) atoms. The number of aliphatic hydroxyl groups is 1. The number of pyridine rings is 1. The van der Waals surface area contributed by atoms with Gasteiger partial charge in [-0.25, -0.2) is 39.9 Å². The maximum Gasteiger partial charge on any atom is 0.258 e. The van der Waals surface area contributed by atoms with Crippen molar-refractivity contribution >= 4 is 78.4 Å². The summed E-state index contributed by atoms with van der Waals surface area (Å²) in [5, 5.41) is 28.7. The molecule has 586 valence electrons. The Morgan fingerprint density at radius 2 is 0.809 bits per heavy atom. The van der Waals surface area contributed by atoms with Crippen molar-refractivity contribution < 1.29 is 5.11 Å². The molecule has 0 atom stereocenters. The van der Waals surface area contributed by atoms with Crippen molar-refractivity contribution in [3.63, 3.8) is 0 Å². The second-order valence-corrected chi connectivity index (χ2v) is 29.9. The number of nitrogens with one attached hydrogen (secondary N) is 1. The van der Waals surface area contributed by atoms with E-state index in [1.807, 2.05) is 137 Å². The number of piperidine rings is 1. The van der Waals surface area contributed by atoms with Gasteiger partial charge < -0.3 is 39.3 Å². The van der Waals surface area contributed by atoms with Gasteiger partial charge in [-0.3, -0.25) is 60.7 Å². The van der Waals surface area contributed by atoms with E-state index in [1.165, 1.54) is 0 Å². The third-order valence-corrected chi connectivity index (χ3v) is 21.9. The summed E-state index contributed by atoms with van der Waals surface area (Å²) in [7, 11) is 7.79. The van der Waals surface area contributed by atoms with Gasteiger partial charge in [-0.1, -0.05) is 25.1 Å². The predicted molar refractivity (Wildman–Crippen MR) is 444 cm³/mol. The number of piperazine rings is 3. The van der Waals surface area contributed by atoms with Gasteiger partial charge in [0.15, 0.2) is 22.6 Å². The lowest BCUT2D eigenvalue weighted by atomic mass is 9.95. The van der Waals surface area contributed by atoms with E-state index in [4.69, 9.17) is 10.1 Å². The van der Waals surface area contributed by atoms with Crippen LogP contribution in [0.1, 0.15) is 42.6 Å². The summed E-state index contributed by atoms with van der Waals surface area (Å²) in [6, 6.07) is 26.0. The monoisotopic (exact) mass is 1540 g/mol. The molecule has 4 aliphatic heterocycles. The Kier molecular flexibility index (Phi) is 20.8. The van der Waals surface area contributed by atoms with E-state index >= 15 is 0 Å². The molecular weight excluding hydrogens is 1460 g/mol. The van der Waals surface area contributed by atoms with Crippen LogP contribution in [-0.4, -0.2) is 234 Å². The number of anilines is 3. The summed E-state index contributed by atoms with van der Waals surface area (Å²) in [5.74, 6) is 2.79. The number of aromatic nitrogens is 20. The molecule has 0 saturated carbocycles. The zero-order valence-electron chi connectivity index (χ0n) is 65.3. The zero-order chi connectivity index (χ0) is 79.1. The van der Waals surface area contributed by atoms with Crippen molar-refractivity contribution in [2.24, 2.45) is 21.1 Å². The van der Waals surface area contributed by atoms with Gasteiger partial charge in [-0.05, 0) is 101 Å². The highest BCUT2D eigenvalue weighted by atomic mass is 16.3. The summed E-state index contributed by atoms with van der Waals surface area (Å²) in [6.07, 6.45) is 25.9. The molecule has 4 saturated heterocycles. The molecule has 0 amide bonds. The van der Waals surface area contributed by atoms with Gasteiger partial charge in [0.2, 0.25) is 0 Å². The number of fused-ring (bicyclic) bond motifs is 8. The fraction of sp³-hybridized carbons (Fsp3) is 0.325. The van der Waals surface area contributed by atoms with Crippen molar-refractivity contribution in [1.82, 2.24) is 116 Å². The average Bonchev–Trinajstić information content (AvgIpc) is 1.76. The van der Waals surface area contributed by atoms with Crippen molar-refractivity contribution in [2.45, 2.75) is 39.5 Å². The molecule has 0 spiro atoms. The normalized spacial score (nSPS) is 15.5. The quantitative estimate of drug-likeness (QED) is 0.141. The molecule has 2 N–H and O–H groups in total. The summed E-state index contributed by atoms with van der Waals surface area (Å²) >= 11 is 0. The molecule has 0 unspecified atom stereocenters. The summed E-state index contributed by atoms with van der Waals surface area (Å²) in [6.45, 7) is 21.1. The van der Waals surface area contributed by atoms with Crippen LogP contribution < -0.4 is 42.3 Å². The highest BCUT2D eigenvalue weighted by molar-refractivity contribution is 5.86.